The normalized spacial score (nSPS) is 19.1. The Balaban J connectivity index is 1.53. The predicted molar refractivity (Wildman–Crippen MR) is 114 cm³/mol. The smallest absolute Gasteiger partial charge is 0.143 e. The first-order valence-corrected chi connectivity index (χ1v) is 9.79. The number of hydrogen-bond donors (Lipinski definition) is 3. The van der Waals surface area contributed by atoms with Crippen LogP contribution >= 0.6 is 0 Å². The molecule has 4 N–H and O–H groups in total. The van der Waals surface area contributed by atoms with Crippen LogP contribution in [-0.4, -0.2) is 54.3 Å². The number of aromatic amines is 1. The number of rotatable bonds is 7. The van der Waals surface area contributed by atoms with Crippen molar-refractivity contribution in [1.82, 2.24) is 20.3 Å². The molecule has 0 aliphatic carbocycles. The average Bonchev–Trinajstić information content (AvgIpc) is 3.37. The lowest BCUT2D eigenvalue weighted by molar-refractivity contribution is 0.354. The summed E-state index contributed by atoms with van der Waals surface area (Å²) in [5, 5.41) is 4.77. The van der Waals surface area contributed by atoms with Crippen LogP contribution in [0.5, 0.6) is 11.5 Å². The fourth-order valence-electron chi connectivity index (χ4n) is 4.05. The number of methoxy groups -OCH3 is 2. The molecule has 1 atom stereocenters. The van der Waals surface area contributed by atoms with Gasteiger partial charge in [0.1, 0.15) is 29.3 Å². The van der Waals surface area contributed by atoms with Gasteiger partial charge in [0.15, 0.2) is 0 Å². The van der Waals surface area contributed by atoms with Crippen molar-refractivity contribution in [1.29, 1.82) is 0 Å². The van der Waals surface area contributed by atoms with Crippen molar-refractivity contribution in [3.8, 4) is 11.5 Å². The van der Waals surface area contributed by atoms with E-state index in [0.717, 1.165) is 59.0 Å². The van der Waals surface area contributed by atoms with E-state index in [4.69, 9.17) is 15.2 Å². The van der Waals surface area contributed by atoms with Crippen molar-refractivity contribution in [3.05, 3.63) is 41.9 Å². The lowest BCUT2D eigenvalue weighted by atomic mass is 9.98. The Bertz CT molecular complexity index is 1000. The quantitative estimate of drug-likeness (QED) is 0.561. The summed E-state index contributed by atoms with van der Waals surface area (Å²) in [6.45, 7) is 4.97. The van der Waals surface area contributed by atoms with Gasteiger partial charge in [-0.25, -0.2) is 9.97 Å². The highest BCUT2D eigenvalue weighted by molar-refractivity contribution is 5.90. The van der Waals surface area contributed by atoms with Crippen LogP contribution in [0.4, 0.5) is 5.82 Å². The van der Waals surface area contributed by atoms with Crippen molar-refractivity contribution in [3.63, 3.8) is 0 Å². The topological polar surface area (TPSA) is 101 Å². The lowest BCUT2D eigenvalue weighted by Gasteiger charge is -2.30. The monoisotopic (exact) mass is 396 g/mol. The third kappa shape index (κ3) is 3.61. The van der Waals surface area contributed by atoms with Crippen LogP contribution in [-0.2, 0) is 6.54 Å². The van der Waals surface area contributed by atoms with E-state index in [2.05, 4.69) is 32.1 Å². The minimum absolute atomic E-state index is 0.188. The minimum Gasteiger partial charge on any atom is -0.497 e. The molecule has 1 aromatic carbocycles. The molecule has 29 heavy (non-hydrogen) atoms. The number of nitrogens with zero attached hydrogens (tertiary/aromatic N) is 3. The molecule has 3 heterocycles. The van der Waals surface area contributed by atoms with Gasteiger partial charge in [-0.1, -0.05) is 6.07 Å². The molecular formula is C21H28N6O2. The zero-order valence-corrected chi connectivity index (χ0v) is 17.2. The van der Waals surface area contributed by atoms with Crippen molar-refractivity contribution in [2.24, 2.45) is 5.73 Å². The number of fused-ring (bicyclic) bond motifs is 1. The summed E-state index contributed by atoms with van der Waals surface area (Å²) >= 11 is 0. The van der Waals surface area contributed by atoms with Gasteiger partial charge < -0.3 is 30.4 Å². The summed E-state index contributed by atoms with van der Waals surface area (Å²) in [7, 11) is 3.33. The van der Waals surface area contributed by atoms with Gasteiger partial charge in [-0.15, -0.1) is 0 Å². The molecule has 2 aromatic heterocycles. The molecule has 4 rings (SSSR count). The molecule has 3 aromatic rings. The zero-order chi connectivity index (χ0) is 20.4. The van der Waals surface area contributed by atoms with Gasteiger partial charge in [0.2, 0.25) is 0 Å². The second-order valence-corrected chi connectivity index (χ2v) is 7.58. The standard InChI is InChI=1S/C21H28N6O2/c1-14-9-23-19-18(14)20(25-13-24-19)27-7-6-21(11-22,12-27)26-10-15-4-5-16(28-2)8-17(15)29-3/h4-5,8-9,13,26H,6-7,10-12,22H2,1-3H3,(H,23,24,25). The number of nitrogens with one attached hydrogen (secondary N) is 2. The second kappa shape index (κ2) is 7.88. The van der Waals surface area contributed by atoms with Gasteiger partial charge in [-0.2, -0.15) is 0 Å². The summed E-state index contributed by atoms with van der Waals surface area (Å²) in [6.07, 6.45) is 4.53. The van der Waals surface area contributed by atoms with E-state index in [9.17, 15) is 0 Å². The van der Waals surface area contributed by atoms with Crippen molar-refractivity contribution in [2.45, 2.75) is 25.4 Å². The third-order valence-corrected chi connectivity index (χ3v) is 5.84. The summed E-state index contributed by atoms with van der Waals surface area (Å²) in [4.78, 5) is 14.4. The predicted octanol–water partition coefficient (Wildman–Crippen LogP) is 1.98. The summed E-state index contributed by atoms with van der Waals surface area (Å²) in [5.74, 6) is 2.55. The van der Waals surface area contributed by atoms with Crippen molar-refractivity contribution in [2.75, 3.05) is 38.8 Å². The van der Waals surface area contributed by atoms with Gasteiger partial charge in [0, 0.05) is 44.0 Å². The number of benzene rings is 1. The van der Waals surface area contributed by atoms with E-state index in [1.54, 1.807) is 20.5 Å². The van der Waals surface area contributed by atoms with Gasteiger partial charge in [-0.3, -0.25) is 0 Å². The van der Waals surface area contributed by atoms with Crippen LogP contribution in [0.25, 0.3) is 11.0 Å². The van der Waals surface area contributed by atoms with Crippen LogP contribution in [0.3, 0.4) is 0 Å². The molecule has 0 saturated carbocycles. The number of anilines is 1. The van der Waals surface area contributed by atoms with E-state index in [-0.39, 0.29) is 5.54 Å². The van der Waals surface area contributed by atoms with E-state index in [0.29, 0.717) is 13.1 Å². The van der Waals surface area contributed by atoms with E-state index in [1.165, 1.54) is 0 Å². The van der Waals surface area contributed by atoms with Gasteiger partial charge in [0.25, 0.3) is 0 Å². The molecule has 0 spiro atoms. The first kappa shape index (κ1) is 19.5. The van der Waals surface area contributed by atoms with Crippen LogP contribution < -0.4 is 25.4 Å². The molecule has 154 valence electrons. The Morgan fingerprint density at radius 2 is 2.14 bits per heavy atom. The number of nitrogens with two attached hydrogens (primary N) is 1. The van der Waals surface area contributed by atoms with Gasteiger partial charge in [-0.05, 0) is 25.0 Å². The molecular weight excluding hydrogens is 368 g/mol. The average molecular weight is 396 g/mol. The molecule has 8 heteroatoms. The summed E-state index contributed by atoms with van der Waals surface area (Å²) < 4.78 is 10.8. The Morgan fingerprint density at radius 3 is 2.90 bits per heavy atom. The second-order valence-electron chi connectivity index (χ2n) is 7.58. The highest BCUT2D eigenvalue weighted by Gasteiger charge is 2.38. The molecule has 8 nitrogen and oxygen atoms in total. The van der Waals surface area contributed by atoms with Crippen LogP contribution in [0.1, 0.15) is 17.5 Å². The fraction of sp³-hybridized carbons (Fsp3) is 0.429. The maximum atomic E-state index is 6.23. The number of H-pyrrole nitrogens is 1. The maximum Gasteiger partial charge on any atom is 0.143 e. The fourth-order valence-corrected chi connectivity index (χ4v) is 4.05. The minimum atomic E-state index is -0.188. The van der Waals surface area contributed by atoms with Crippen LogP contribution in [0, 0.1) is 6.92 Å². The molecule has 0 radical (unpaired) electrons. The Morgan fingerprint density at radius 1 is 1.28 bits per heavy atom. The van der Waals surface area contributed by atoms with Crippen LogP contribution in [0.15, 0.2) is 30.7 Å². The summed E-state index contributed by atoms with van der Waals surface area (Å²) in [6, 6.07) is 5.88. The number of aryl methyl sites for hydroxylation is 1. The number of ether oxygens (including phenoxy) is 2. The molecule has 0 amide bonds. The van der Waals surface area contributed by atoms with Gasteiger partial charge >= 0.3 is 0 Å². The van der Waals surface area contributed by atoms with E-state index >= 15 is 0 Å². The first-order chi connectivity index (χ1) is 14.1. The molecule has 1 aliphatic rings. The zero-order valence-electron chi connectivity index (χ0n) is 17.2. The highest BCUT2D eigenvalue weighted by atomic mass is 16.5. The van der Waals surface area contributed by atoms with E-state index in [1.807, 2.05) is 24.4 Å². The van der Waals surface area contributed by atoms with Crippen molar-refractivity contribution < 1.29 is 9.47 Å². The first-order valence-electron chi connectivity index (χ1n) is 9.79. The Kier molecular flexibility index (Phi) is 5.29. The third-order valence-electron chi connectivity index (χ3n) is 5.84. The van der Waals surface area contributed by atoms with Crippen LogP contribution in [0.2, 0.25) is 0 Å². The van der Waals surface area contributed by atoms with E-state index < -0.39 is 0 Å². The Labute approximate surface area is 170 Å². The molecule has 1 unspecified atom stereocenters. The van der Waals surface area contributed by atoms with Gasteiger partial charge in [0.05, 0.1) is 25.1 Å². The molecule has 1 saturated heterocycles. The molecule has 0 bridgehead atoms. The highest BCUT2D eigenvalue weighted by Crippen LogP contribution is 2.32. The Hall–Kier alpha value is -2.84. The maximum absolute atomic E-state index is 6.23. The molecule has 1 fully saturated rings. The lowest BCUT2D eigenvalue weighted by Crippen LogP contribution is -2.52. The molecule has 1 aliphatic heterocycles. The number of aromatic nitrogens is 3. The number of hydrogen-bond acceptors (Lipinski definition) is 7. The van der Waals surface area contributed by atoms with Crippen molar-refractivity contribution >= 4 is 16.9 Å². The summed E-state index contributed by atoms with van der Waals surface area (Å²) in [5.41, 5.74) is 9.14. The SMILES string of the molecule is COc1ccc(CNC2(CN)CCN(c3ncnc4[nH]cc(C)c34)C2)c(OC)c1. The largest absolute Gasteiger partial charge is 0.497 e.